The van der Waals surface area contributed by atoms with Crippen molar-refractivity contribution < 1.29 is 14.1 Å². The highest BCUT2D eigenvalue weighted by atomic mass is 16.5. The lowest BCUT2D eigenvalue weighted by atomic mass is 9.90. The summed E-state index contributed by atoms with van der Waals surface area (Å²) in [7, 11) is 0. The first kappa shape index (κ1) is 16.7. The van der Waals surface area contributed by atoms with Gasteiger partial charge in [-0.3, -0.25) is 9.59 Å². The van der Waals surface area contributed by atoms with E-state index >= 15 is 0 Å². The predicted molar refractivity (Wildman–Crippen MR) is 88.2 cm³/mol. The Morgan fingerprint density at radius 2 is 1.70 bits per heavy atom. The third-order valence-corrected chi connectivity index (χ3v) is 3.65. The maximum absolute atomic E-state index is 12.5. The molecule has 2 rings (SSSR count). The molecule has 0 radical (unpaired) electrons. The van der Waals surface area contributed by atoms with Crippen molar-refractivity contribution in [3.8, 4) is 0 Å². The minimum absolute atomic E-state index is 0.292. The molecule has 6 nitrogen and oxygen atoms in total. The Hall–Kier alpha value is -2.63. The largest absolute Gasteiger partial charge is 0.360 e. The van der Waals surface area contributed by atoms with E-state index in [-0.39, 0.29) is 5.91 Å². The highest BCUT2D eigenvalue weighted by Crippen LogP contribution is 2.23. The molecule has 1 aromatic heterocycles. The van der Waals surface area contributed by atoms with Gasteiger partial charge in [-0.15, -0.1) is 0 Å². The first-order chi connectivity index (χ1) is 10.7. The summed E-state index contributed by atoms with van der Waals surface area (Å²) in [5, 5.41) is 9.11. The van der Waals surface area contributed by atoms with E-state index in [9.17, 15) is 9.59 Å². The van der Waals surface area contributed by atoms with Crippen molar-refractivity contribution in [3.63, 3.8) is 0 Å². The molecule has 0 aliphatic rings. The first-order valence-electron chi connectivity index (χ1n) is 7.33. The second kappa shape index (κ2) is 6.24. The van der Waals surface area contributed by atoms with Gasteiger partial charge in [0.2, 0.25) is 11.8 Å². The molecule has 122 valence electrons. The molecule has 6 heteroatoms. The van der Waals surface area contributed by atoms with Gasteiger partial charge >= 0.3 is 0 Å². The number of hydrogen-bond donors (Lipinski definition) is 2. The summed E-state index contributed by atoms with van der Waals surface area (Å²) in [5.74, 6) is 0.0376. The van der Waals surface area contributed by atoms with Crippen molar-refractivity contribution in [2.45, 2.75) is 34.6 Å². The van der Waals surface area contributed by atoms with Gasteiger partial charge in [-0.05, 0) is 51.8 Å². The Morgan fingerprint density at radius 1 is 1.04 bits per heavy atom. The number of carbonyl (C=O) groups is 2. The monoisotopic (exact) mass is 315 g/mol. The van der Waals surface area contributed by atoms with Crippen LogP contribution in [0.3, 0.4) is 0 Å². The van der Waals surface area contributed by atoms with Crippen molar-refractivity contribution >= 4 is 23.3 Å². The van der Waals surface area contributed by atoms with E-state index in [1.165, 1.54) is 0 Å². The molecule has 0 aliphatic heterocycles. The van der Waals surface area contributed by atoms with Crippen LogP contribution >= 0.6 is 0 Å². The van der Waals surface area contributed by atoms with Crippen LogP contribution in [0.15, 0.2) is 28.8 Å². The number of nitrogens with zero attached hydrogens (tertiary/aromatic N) is 1. The average Bonchev–Trinajstić information content (AvgIpc) is 2.88. The summed E-state index contributed by atoms with van der Waals surface area (Å²) in [6, 6.07) is 7.37. The van der Waals surface area contributed by atoms with Crippen LogP contribution in [0.1, 0.15) is 30.7 Å². The molecule has 2 amide bonds. The summed E-state index contributed by atoms with van der Waals surface area (Å²) < 4.78 is 4.90. The van der Waals surface area contributed by atoms with Crippen molar-refractivity contribution in [2.24, 2.45) is 5.41 Å². The minimum Gasteiger partial charge on any atom is -0.360 e. The number of anilines is 2. The van der Waals surface area contributed by atoms with Crippen molar-refractivity contribution in [3.05, 3.63) is 41.2 Å². The van der Waals surface area contributed by atoms with Crippen LogP contribution in [0.2, 0.25) is 0 Å². The Morgan fingerprint density at radius 3 is 2.30 bits per heavy atom. The Balaban J connectivity index is 2.12. The van der Waals surface area contributed by atoms with Gasteiger partial charge in [-0.25, -0.2) is 0 Å². The number of rotatable bonds is 4. The molecule has 1 heterocycles. The number of amides is 2. The van der Waals surface area contributed by atoms with Gasteiger partial charge in [0.1, 0.15) is 11.2 Å². The number of nitrogens with one attached hydrogen (secondary N) is 2. The van der Waals surface area contributed by atoms with Gasteiger partial charge in [0.15, 0.2) is 5.82 Å². The molecule has 0 aliphatic carbocycles. The zero-order valence-corrected chi connectivity index (χ0v) is 14.0. The van der Waals surface area contributed by atoms with Gasteiger partial charge < -0.3 is 15.2 Å². The third-order valence-electron chi connectivity index (χ3n) is 3.65. The maximum atomic E-state index is 12.5. The SMILES string of the molecule is Cc1ccc(C)c(NC(=O)C(C)(C)C(=O)Nc2cc(C)on2)c1. The second-order valence-electron chi connectivity index (χ2n) is 6.17. The lowest BCUT2D eigenvalue weighted by molar-refractivity contribution is -0.135. The standard InChI is InChI=1S/C17H21N3O3/c1-10-6-7-11(2)13(8-10)18-15(21)17(4,5)16(22)19-14-9-12(3)23-20-14/h6-9H,1-5H3,(H,18,21)(H,19,20,22). The third kappa shape index (κ3) is 3.77. The van der Waals surface area contributed by atoms with E-state index in [0.717, 1.165) is 11.1 Å². The van der Waals surface area contributed by atoms with Gasteiger partial charge in [-0.1, -0.05) is 17.3 Å². The van der Waals surface area contributed by atoms with E-state index in [1.807, 2.05) is 32.0 Å². The van der Waals surface area contributed by atoms with E-state index in [2.05, 4.69) is 15.8 Å². The first-order valence-corrected chi connectivity index (χ1v) is 7.33. The molecule has 2 N–H and O–H groups in total. The van der Waals surface area contributed by atoms with E-state index in [0.29, 0.717) is 17.3 Å². The fourth-order valence-corrected chi connectivity index (χ4v) is 1.95. The normalized spacial score (nSPS) is 11.2. The molecule has 0 saturated carbocycles. The van der Waals surface area contributed by atoms with Crippen LogP contribution in [-0.4, -0.2) is 17.0 Å². The van der Waals surface area contributed by atoms with E-state index in [4.69, 9.17) is 4.52 Å². The number of benzene rings is 1. The average molecular weight is 315 g/mol. The van der Waals surface area contributed by atoms with Crippen LogP contribution < -0.4 is 10.6 Å². The molecule has 0 fully saturated rings. The lowest BCUT2D eigenvalue weighted by Crippen LogP contribution is -2.41. The van der Waals surface area contributed by atoms with Crippen LogP contribution in [0, 0.1) is 26.2 Å². The fourth-order valence-electron chi connectivity index (χ4n) is 1.95. The van der Waals surface area contributed by atoms with Crippen molar-refractivity contribution in [2.75, 3.05) is 10.6 Å². The van der Waals surface area contributed by atoms with E-state index in [1.54, 1.807) is 26.8 Å². The molecular weight excluding hydrogens is 294 g/mol. The van der Waals surface area contributed by atoms with Crippen molar-refractivity contribution in [1.29, 1.82) is 0 Å². The summed E-state index contributed by atoms with van der Waals surface area (Å²) in [4.78, 5) is 24.9. The molecule has 0 spiro atoms. The molecule has 0 atom stereocenters. The second-order valence-corrected chi connectivity index (χ2v) is 6.17. The van der Waals surface area contributed by atoms with Crippen LogP contribution in [-0.2, 0) is 9.59 Å². The Labute approximate surface area is 135 Å². The zero-order valence-electron chi connectivity index (χ0n) is 14.0. The molecule has 0 unspecified atom stereocenters. The van der Waals surface area contributed by atoms with Crippen molar-refractivity contribution in [1.82, 2.24) is 5.16 Å². The summed E-state index contributed by atoms with van der Waals surface area (Å²) >= 11 is 0. The topological polar surface area (TPSA) is 84.2 Å². The fraction of sp³-hybridized carbons (Fsp3) is 0.353. The summed E-state index contributed by atoms with van der Waals surface area (Å²) in [6.45, 7) is 8.70. The highest BCUT2D eigenvalue weighted by molar-refractivity contribution is 6.13. The minimum atomic E-state index is -1.26. The van der Waals surface area contributed by atoms with Gasteiger partial charge in [0, 0.05) is 11.8 Å². The molecule has 0 saturated heterocycles. The smallest absolute Gasteiger partial charge is 0.240 e. The van der Waals surface area contributed by atoms with E-state index < -0.39 is 11.3 Å². The maximum Gasteiger partial charge on any atom is 0.240 e. The quantitative estimate of drug-likeness (QED) is 0.849. The van der Waals surface area contributed by atoms with Gasteiger partial charge in [-0.2, -0.15) is 0 Å². The summed E-state index contributed by atoms with van der Waals surface area (Å²) in [6.07, 6.45) is 0. The molecule has 23 heavy (non-hydrogen) atoms. The molecule has 1 aromatic carbocycles. The highest BCUT2D eigenvalue weighted by Gasteiger charge is 2.36. The number of hydrogen-bond acceptors (Lipinski definition) is 4. The lowest BCUT2D eigenvalue weighted by Gasteiger charge is -2.22. The summed E-state index contributed by atoms with van der Waals surface area (Å²) in [5.41, 5.74) is 1.41. The number of carbonyl (C=O) groups excluding carboxylic acids is 2. The predicted octanol–water partition coefficient (Wildman–Crippen LogP) is 3.20. The Bertz CT molecular complexity index is 747. The molecule has 0 bridgehead atoms. The van der Waals surface area contributed by atoms with Gasteiger partial charge in [0.05, 0.1) is 0 Å². The molecule has 2 aromatic rings. The number of aryl methyl sites for hydroxylation is 3. The molecular formula is C17H21N3O3. The zero-order chi connectivity index (χ0) is 17.2. The number of aromatic nitrogens is 1. The van der Waals surface area contributed by atoms with Crippen LogP contribution in [0.4, 0.5) is 11.5 Å². The van der Waals surface area contributed by atoms with Crippen LogP contribution in [0.25, 0.3) is 0 Å². The van der Waals surface area contributed by atoms with Crippen LogP contribution in [0.5, 0.6) is 0 Å². The Kier molecular flexibility index (Phi) is 4.54. The van der Waals surface area contributed by atoms with Gasteiger partial charge in [0.25, 0.3) is 0 Å².